The molecule has 1 amide bonds. The molecule has 0 fully saturated rings. The molecule has 0 aliphatic carbocycles. The molecule has 106 valence electrons. The predicted molar refractivity (Wildman–Crippen MR) is 83.5 cm³/mol. The van der Waals surface area contributed by atoms with Crippen LogP contribution in [0.2, 0.25) is 0 Å². The largest absolute Gasteiger partial charge is 0.310 e. The molecule has 2 rings (SSSR count). The Bertz CT molecular complexity index is 553. The number of anilines is 1. The van der Waals surface area contributed by atoms with E-state index in [1.165, 1.54) is 0 Å². The fraction of sp³-hybridized carbons (Fsp3) is 0.375. The lowest BCUT2D eigenvalue weighted by atomic mass is 10.1. The molecule has 1 aliphatic rings. The predicted octanol–water partition coefficient (Wildman–Crippen LogP) is 3.68. The van der Waals surface area contributed by atoms with Crippen LogP contribution in [0.25, 0.3) is 0 Å². The highest BCUT2D eigenvalue weighted by Crippen LogP contribution is 2.40. The fourth-order valence-corrected chi connectivity index (χ4v) is 3.45. The molecule has 3 nitrogen and oxygen atoms in total. The molecule has 4 heteroatoms. The molecule has 0 bridgehead atoms. The van der Waals surface area contributed by atoms with Crippen molar-refractivity contribution >= 4 is 29.1 Å². The number of carbonyl (C=O) groups excluding carboxylic acids is 2. The summed E-state index contributed by atoms with van der Waals surface area (Å²) in [4.78, 5) is 26.8. The highest BCUT2D eigenvalue weighted by molar-refractivity contribution is 8.01. The number of rotatable bonds is 5. The summed E-state index contributed by atoms with van der Waals surface area (Å²) >= 11 is 1.56. The van der Waals surface area contributed by atoms with Crippen molar-refractivity contribution in [2.75, 3.05) is 11.4 Å². The summed E-state index contributed by atoms with van der Waals surface area (Å²) in [6.45, 7) is 7.94. The van der Waals surface area contributed by atoms with Gasteiger partial charge in [-0.2, -0.15) is 0 Å². The van der Waals surface area contributed by atoms with E-state index in [1.807, 2.05) is 30.0 Å². The summed E-state index contributed by atoms with van der Waals surface area (Å²) in [5.74, 6) is 0.207. The van der Waals surface area contributed by atoms with Crippen molar-refractivity contribution in [1.29, 1.82) is 0 Å². The molecular weight excluding hydrogens is 270 g/mol. The van der Waals surface area contributed by atoms with E-state index in [0.29, 0.717) is 12.1 Å². The van der Waals surface area contributed by atoms with Gasteiger partial charge in [-0.1, -0.05) is 13.0 Å². The molecule has 1 aromatic carbocycles. The maximum Gasteiger partial charge on any atom is 0.240 e. The van der Waals surface area contributed by atoms with Gasteiger partial charge in [0.1, 0.15) is 0 Å². The van der Waals surface area contributed by atoms with Gasteiger partial charge in [-0.15, -0.1) is 18.3 Å². The number of hydrogen-bond acceptors (Lipinski definition) is 3. The lowest BCUT2D eigenvalue weighted by molar-refractivity contribution is -0.118. The van der Waals surface area contributed by atoms with Crippen molar-refractivity contribution in [2.45, 2.75) is 36.8 Å². The Hall–Kier alpha value is -1.55. The fourth-order valence-electron chi connectivity index (χ4n) is 2.26. The third-order valence-electron chi connectivity index (χ3n) is 3.40. The van der Waals surface area contributed by atoms with Gasteiger partial charge in [0.2, 0.25) is 5.91 Å². The summed E-state index contributed by atoms with van der Waals surface area (Å²) in [5, 5.41) is -0.0606. The minimum absolute atomic E-state index is 0.0518. The lowest BCUT2D eigenvalue weighted by Crippen LogP contribution is -2.41. The van der Waals surface area contributed by atoms with Crippen molar-refractivity contribution in [3.05, 3.63) is 36.4 Å². The molecule has 0 saturated carbocycles. The normalized spacial score (nSPS) is 17.8. The van der Waals surface area contributed by atoms with Gasteiger partial charge in [-0.3, -0.25) is 9.59 Å². The van der Waals surface area contributed by atoms with Gasteiger partial charge in [0.25, 0.3) is 0 Å². The molecule has 1 heterocycles. The third kappa shape index (κ3) is 2.80. The smallest absolute Gasteiger partial charge is 0.240 e. The maximum atomic E-state index is 12.4. The van der Waals surface area contributed by atoms with Crippen LogP contribution < -0.4 is 4.90 Å². The summed E-state index contributed by atoms with van der Waals surface area (Å²) < 4.78 is 0. The van der Waals surface area contributed by atoms with E-state index in [1.54, 1.807) is 24.8 Å². The van der Waals surface area contributed by atoms with Crippen LogP contribution >= 0.6 is 11.8 Å². The number of amides is 1. The number of fused-ring (bicyclic) bond motifs is 1. The van der Waals surface area contributed by atoms with Gasteiger partial charge in [-0.05, 0) is 38.0 Å². The molecule has 20 heavy (non-hydrogen) atoms. The molecule has 1 aromatic rings. The molecular formula is C16H19NO2S. The Morgan fingerprint density at radius 3 is 2.85 bits per heavy atom. The van der Waals surface area contributed by atoms with Crippen LogP contribution in [0.15, 0.2) is 35.7 Å². The molecule has 0 N–H and O–H groups in total. The quantitative estimate of drug-likeness (QED) is 0.613. The van der Waals surface area contributed by atoms with E-state index in [9.17, 15) is 9.59 Å². The first-order chi connectivity index (χ1) is 9.58. The van der Waals surface area contributed by atoms with Crippen LogP contribution in [0.5, 0.6) is 0 Å². The Kier molecular flexibility index (Phi) is 4.65. The van der Waals surface area contributed by atoms with E-state index < -0.39 is 0 Å². The average Bonchev–Trinajstić information content (AvgIpc) is 2.45. The van der Waals surface area contributed by atoms with E-state index in [0.717, 1.165) is 23.4 Å². The van der Waals surface area contributed by atoms with Gasteiger partial charge in [0, 0.05) is 17.0 Å². The Morgan fingerprint density at radius 1 is 1.50 bits per heavy atom. The van der Waals surface area contributed by atoms with Gasteiger partial charge in [-0.25, -0.2) is 0 Å². The minimum atomic E-state index is -0.0606. The standard InChI is InChI=1S/C16H19NO2S/c1-4-6-9-17-13-8-7-12(11(3)18)10-15(13)20-14(5-2)16(17)19/h4,7-8,10,14H,1,5-6,9H2,2-3H3. The summed E-state index contributed by atoms with van der Waals surface area (Å²) in [6.07, 6.45) is 3.37. The van der Waals surface area contributed by atoms with Crippen molar-refractivity contribution in [3.63, 3.8) is 0 Å². The Morgan fingerprint density at radius 2 is 2.25 bits per heavy atom. The molecule has 1 unspecified atom stereocenters. The molecule has 1 aliphatic heterocycles. The topological polar surface area (TPSA) is 37.4 Å². The zero-order valence-electron chi connectivity index (χ0n) is 11.9. The third-order valence-corrected chi connectivity index (χ3v) is 4.80. The highest BCUT2D eigenvalue weighted by Gasteiger charge is 2.32. The first-order valence-corrected chi connectivity index (χ1v) is 7.70. The first-order valence-electron chi connectivity index (χ1n) is 6.82. The van der Waals surface area contributed by atoms with Gasteiger partial charge in [0.05, 0.1) is 10.9 Å². The number of nitrogens with zero attached hydrogens (tertiary/aromatic N) is 1. The number of thioether (sulfide) groups is 1. The maximum absolute atomic E-state index is 12.4. The van der Waals surface area contributed by atoms with E-state index in [-0.39, 0.29) is 16.9 Å². The van der Waals surface area contributed by atoms with Crippen molar-refractivity contribution < 1.29 is 9.59 Å². The number of carbonyl (C=O) groups is 2. The van der Waals surface area contributed by atoms with Crippen molar-refractivity contribution in [1.82, 2.24) is 0 Å². The van der Waals surface area contributed by atoms with Crippen LogP contribution in [-0.2, 0) is 4.79 Å². The Labute approximate surface area is 124 Å². The monoisotopic (exact) mass is 289 g/mol. The first kappa shape index (κ1) is 14.9. The lowest BCUT2D eigenvalue weighted by Gasteiger charge is -2.33. The summed E-state index contributed by atoms with van der Waals surface area (Å²) in [6, 6.07) is 5.58. The second-order valence-electron chi connectivity index (χ2n) is 4.82. The zero-order chi connectivity index (χ0) is 14.7. The van der Waals surface area contributed by atoms with E-state index >= 15 is 0 Å². The van der Waals surface area contributed by atoms with Crippen LogP contribution in [0.4, 0.5) is 5.69 Å². The Balaban J connectivity index is 2.42. The molecule has 0 aromatic heterocycles. The zero-order valence-corrected chi connectivity index (χ0v) is 12.7. The van der Waals surface area contributed by atoms with E-state index in [4.69, 9.17) is 0 Å². The molecule has 1 atom stereocenters. The average molecular weight is 289 g/mol. The SMILES string of the molecule is C=CCCN1C(=O)C(CC)Sc2cc(C(C)=O)ccc21. The van der Waals surface area contributed by atoms with Crippen molar-refractivity contribution in [2.24, 2.45) is 0 Å². The van der Waals surface area contributed by atoms with Crippen LogP contribution in [0, 0.1) is 0 Å². The summed E-state index contributed by atoms with van der Waals surface area (Å²) in [7, 11) is 0. The van der Waals surface area contributed by atoms with Crippen LogP contribution in [-0.4, -0.2) is 23.5 Å². The number of ketones is 1. The second-order valence-corrected chi connectivity index (χ2v) is 6.07. The second kappa shape index (κ2) is 6.27. The van der Waals surface area contributed by atoms with Crippen LogP contribution in [0.1, 0.15) is 37.0 Å². The van der Waals surface area contributed by atoms with Crippen molar-refractivity contribution in [3.8, 4) is 0 Å². The molecule has 0 saturated heterocycles. The van der Waals surface area contributed by atoms with Crippen LogP contribution in [0.3, 0.4) is 0 Å². The number of hydrogen-bond donors (Lipinski definition) is 0. The van der Waals surface area contributed by atoms with E-state index in [2.05, 4.69) is 6.58 Å². The van der Waals surface area contributed by atoms with Gasteiger partial charge < -0.3 is 4.90 Å². The summed E-state index contributed by atoms with van der Waals surface area (Å²) in [5.41, 5.74) is 1.61. The van der Waals surface area contributed by atoms with Gasteiger partial charge >= 0.3 is 0 Å². The number of Topliss-reactive ketones (excluding diaryl/α,β-unsaturated/α-hetero) is 1. The highest BCUT2D eigenvalue weighted by atomic mass is 32.2. The minimum Gasteiger partial charge on any atom is -0.310 e. The molecule has 0 radical (unpaired) electrons. The number of benzene rings is 1. The molecule has 0 spiro atoms. The van der Waals surface area contributed by atoms with Gasteiger partial charge in [0.15, 0.2) is 5.78 Å².